The van der Waals surface area contributed by atoms with Crippen molar-refractivity contribution >= 4 is 32.3 Å². The van der Waals surface area contributed by atoms with Crippen LogP contribution in [0.2, 0.25) is 0 Å². The average Bonchev–Trinajstić information content (AvgIpc) is 2.44. The van der Waals surface area contributed by atoms with Crippen molar-refractivity contribution in [1.82, 2.24) is 13.9 Å². The Kier molecular flexibility index (Phi) is 7.26. The maximum Gasteiger partial charge on any atom is 0.282 e. The molecule has 0 aliphatic carbocycles. The predicted molar refractivity (Wildman–Crippen MR) is 89.3 cm³/mol. The minimum atomic E-state index is -3.36. The number of hydrogen-bond acceptors (Lipinski definition) is 6. The van der Waals surface area contributed by atoms with Crippen molar-refractivity contribution in [1.29, 1.82) is 5.41 Å². The summed E-state index contributed by atoms with van der Waals surface area (Å²) in [4.78, 5) is 10.8. The van der Waals surface area contributed by atoms with E-state index in [2.05, 4.69) is 5.32 Å². The molecule has 1 aliphatic rings. The Morgan fingerprint density at radius 1 is 1.45 bits per heavy atom. The van der Waals surface area contributed by atoms with Gasteiger partial charge in [0.1, 0.15) is 0 Å². The Morgan fingerprint density at radius 2 is 2.00 bits per heavy atom. The third-order valence-corrected chi connectivity index (χ3v) is 6.41. The van der Waals surface area contributed by atoms with Crippen molar-refractivity contribution in [3.63, 3.8) is 0 Å². The van der Waals surface area contributed by atoms with Crippen LogP contribution in [0.3, 0.4) is 0 Å². The molecule has 0 saturated carbocycles. The highest BCUT2D eigenvalue weighted by molar-refractivity contribution is 8.26. The van der Waals surface area contributed by atoms with E-state index in [-0.39, 0.29) is 17.0 Å². The maximum absolute atomic E-state index is 12.1. The first-order valence-corrected chi connectivity index (χ1v) is 9.29. The molecule has 1 unspecified atom stereocenters. The molecule has 1 heterocycles. The van der Waals surface area contributed by atoms with Gasteiger partial charge in [0.15, 0.2) is 0 Å². The van der Waals surface area contributed by atoms with Crippen molar-refractivity contribution in [2.24, 2.45) is 11.7 Å². The number of amides is 1. The van der Waals surface area contributed by atoms with Gasteiger partial charge in [0.2, 0.25) is 0 Å². The zero-order valence-electron chi connectivity index (χ0n) is 13.2. The van der Waals surface area contributed by atoms with Gasteiger partial charge < -0.3 is 11.1 Å². The Balaban J connectivity index is 2.58. The van der Waals surface area contributed by atoms with Gasteiger partial charge in [-0.15, -0.1) is 0 Å². The van der Waals surface area contributed by atoms with Gasteiger partial charge in [-0.25, -0.2) is 0 Å². The van der Waals surface area contributed by atoms with E-state index in [1.807, 2.05) is 7.05 Å². The monoisotopic (exact) mass is 351 g/mol. The summed E-state index contributed by atoms with van der Waals surface area (Å²) in [6.07, 6.45) is 1.88. The molecule has 1 saturated heterocycles. The van der Waals surface area contributed by atoms with Crippen LogP contribution in [-0.4, -0.2) is 67.6 Å². The molecular weight excluding hydrogens is 326 g/mol. The second-order valence-corrected chi connectivity index (χ2v) is 8.71. The highest BCUT2D eigenvalue weighted by atomic mass is 32.2. The molecular formula is C12H25N5O3S2. The van der Waals surface area contributed by atoms with Gasteiger partial charge in [0.25, 0.3) is 15.4 Å². The highest BCUT2D eigenvalue weighted by Gasteiger charge is 2.32. The normalized spacial score (nSPS) is 19.3. The average molecular weight is 351 g/mol. The number of carbonyl (C=O) groups is 1. The molecule has 0 spiro atoms. The number of thioether (sulfide) groups is 1. The molecule has 4 N–H and O–H groups in total. The highest BCUT2D eigenvalue weighted by Crippen LogP contribution is 2.25. The first-order chi connectivity index (χ1) is 10.2. The smallest absolute Gasteiger partial charge is 0.282 e. The Hall–Kier alpha value is -0.680. The SMILES string of the molecule is CNC(CC(=N)SC(N)=O)C1CCN(S(=O)(=O)N(C)C)CC1. The summed E-state index contributed by atoms with van der Waals surface area (Å²) in [5.74, 6) is 0.271. The lowest BCUT2D eigenvalue weighted by Gasteiger charge is -2.36. The Labute approximate surface area is 136 Å². The van der Waals surface area contributed by atoms with Crippen molar-refractivity contribution in [3.05, 3.63) is 0 Å². The van der Waals surface area contributed by atoms with Gasteiger partial charge >= 0.3 is 0 Å². The largest absolute Gasteiger partial charge is 0.360 e. The fraction of sp³-hybridized carbons (Fsp3) is 0.833. The van der Waals surface area contributed by atoms with Gasteiger partial charge in [0, 0.05) is 39.6 Å². The van der Waals surface area contributed by atoms with Gasteiger partial charge in [0.05, 0.1) is 5.04 Å². The summed E-state index contributed by atoms with van der Waals surface area (Å²) in [6, 6.07) is 0.0450. The molecule has 0 aromatic heterocycles. The first kappa shape index (κ1) is 19.4. The summed E-state index contributed by atoms with van der Waals surface area (Å²) in [6.45, 7) is 0.944. The summed E-state index contributed by atoms with van der Waals surface area (Å²) in [7, 11) is 1.52. The number of piperidine rings is 1. The number of rotatable bonds is 6. The Morgan fingerprint density at radius 3 is 2.41 bits per heavy atom. The lowest BCUT2D eigenvalue weighted by atomic mass is 9.88. The molecule has 0 aromatic rings. The number of nitrogens with one attached hydrogen (secondary N) is 2. The lowest BCUT2D eigenvalue weighted by molar-refractivity contribution is 0.224. The maximum atomic E-state index is 12.1. The summed E-state index contributed by atoms with van der Waals surface area (Å²) < 4.78 is 26.9. The van der Waals surface area contributed by atoms with E-state index in [1.165, 1.54) is 22.7 Å². The van der Waals surface area contributed by atoms with Gasteiger partial charge in [-0.1, -0.05) is 0 Å². The zero-order chi connectivity index (χ0) is 16.9. The van der Waals surface area contributed by atoms with Crippen molar-refractivity contribution in [3.8, 4) is 0 Å². The molecule has 1 aliphatic heterocycles. The fourth-order valence-electron chi connectivity index (χ4n) is 2.61. The van der Waals surface area contributed by atoms with Gasteiger partial charge in [-0.3, -0.25) is 10.2 Å². The Bertz CT molecular complexity index is 501. The van der Waals surface area contributed by atoms with Crippen LogP contribution in [0.5, 0.6) is 0 Å². The number of primary amides is 1. The second kappa shape index (κ2) is 8.25. The molecule has 128 valence electrons. The van der Waals surface area contributed by atoms with Crippen LogP contribution in [0.15, 0.2) is 0 Å². The third-order valence-electron chi connectivity index (χ3n) is 3.86. The van der Waals surface area contributed by atoms with Gasteiger partial charge in [-0.2, -0.15) is 17.0 Å². The molecule has 8 nitrogen and oxygen atoms in total. The van der Waals surface area contributed by atoms with Crippen LogP contribution in [0.1, 0.15) is 19.3 Å². The molecule has 0 aromatic carbocycles. The van der Waals surface area contributed by atoms with E-state index in [4.69, 9.17) is 11.1 Å². The molecule has 10 heteroatoms. The van der Waals surface area contributed by atoms with Crippen molar-refractivity contribution < 1.29 is 13.2 Å². The van der Waals surface area contributed by atoms with Crippen molar-refractivity contribution in [2.75, 3.05) is 34.2 Å². The topological polar surface area (TPSA) is 120 Å². The molecule has 0 bridgehead atoms. The summed E-state index contributed by atoms with van der Waals surface area (Å²) in [5, 5.41) is 10.6. The quantitative estimate of drug-likeness (QED) is 0.469. The molecule has 1 atom stereocenters. The molecule has 22 heavy (non-hydrogen) atoms. The minimum Gasteiger partial charge on any atom is -0.360 e. The van der Waals surface area contributed by atoms with E-state index < -0.39 is 15.4 Å². The fourth-order valence-corrected chi connectivity index (χ4v) is 4.25. The second-order valence-electron chi connectivity index (χ2n) is 5.47. The van der Waals surface area contributed by atoms with Crippen LogP contribution >= 0.6 is 11.8 Å². The van der Waals surface area contributed by atoms with E-state index in [9.17, 15) is 13.2 Å². The minimum absolute atomic E-state index is 0.0450. The summed E-state index contributed by atoms with van der Waals surface area (Å²) >= 11 is 0.740. The number of nitrogens with two attached hydrogens (primary N) is 1. The molecule has 1 amide bonds. The summed E-state index contributed by atoms with van der Waals surface area (Å²) in [5.41, 5.74) is 5.07. The zero-order valence-corrected chi connectivity index (χ0v) is 14.8. The van der Waals surface area contributed by atoms with Crippen LogP contribution < -0.4 is 11.1 Å². The number of nitrogens with zero attached hydrogens (tertiary/aromatic N) is 2. The predicted octanol–water partition coefficient (Wildman–Crippen LogP) is 0.272. The van der Waals surface area contributed by atoms with Crippen molar-refractivity contribution in [2.45, 2.75) is 25.3 Å². The number of hydrogen-bond donors (Lipinski definition) is 3. The van der Waals surface area contributed by atoms with Gasteiger partial charge in [-0.05, 0) is 37.6 Å². The lowest BCUT2D eigenvalue weighted by Crippen LogP contribution is -2.48. The van der Waals surface area contributed by atoms with Crippen LogP contribution in [0.4, 0.5) is 4.79 Å². The van der Waals surface area contributed by atoms with Crippen LogP contribution in [0.25, 0.3) is 0 Å². The van der Waals surface area contributed by atoms with E-state index in [1.54, 1.807) is 0 Å². The number of carbonyl (C=O) groups excluding carboxylic acids is 1. The van der Waals surface area contributed by atoms with Crippen LogP contribution in [0, 0.1) is 11.3 Å². The van der Waals surface area contributed by atoms with E-state index >= 15 is 0 Å². The first-order valence-electron chi connectivity index (χ1n) is 7.08. The van der Waals surface area contributed by atoms with E-state index in [0.29, 0.717) is 19.5 Å². The standard InChI is InChI=1S/C12H25N5O3S2/c1-15-10(8-11(13)21-12(14)18)9-4-6-17(7-5-9)22(19,20)16(2)3/h9-10,13,15H,4-8H2,1-3H3,(H2,14,18). The molecule has 0 radical (unpaired) electrons. The van der Waals surface area contributed by atoms with E-state index in [0.717, 1.165) is 24.6 Å². The third kappa shape index (κ3) is 5.20. The van der Waals surface area contributed by atoms with Crippen LogP contribution in [-0.2, 0) is 10.2 Å². The molecule has 1 fully saturated rings. The molecule has 1 rings (SSSR count).